The smallest absolute Gasteiger partial charge is 0.418 e. The Kier molecular flexibility index (Phi) is 1.67. The van der Waals surface area contributed by atoms with Crippen LogP contribution in [0.25, 0.3) is 11.0 Å². The van der Waals surface area contributed by atoms with Gasteiger partial charge in [0.15, 0.2) is 5.65 Å². The van der Waals surface area contributed by atoms with Crippen LogP contribution in [0, 0.1) is 0 Å². The molecule has 0 amide bonds. The number of rotatable bonds is 0. The summed E-state index contributed by atoms with van der Waals surface area (Å²) >= 11 is 0. The molecule has 2 heterocycles. The molecule has 6 heteroatoms. The minimum atomic E-state index is -4.48. The molecule has 1 N–H and O–H groups in total. The van der Waals surface area contributed by atoms with Gasteiger partial charge in [-0.15, -0.1) is 0 Å². The van der Waals surface area contributed by atoms with Crippen LogP contribution >= 0.6 is 0 Å². The lowest BCUT2D eigenvalue weighted by Crippen LogP contribution is -2.03. The molecule has 0 fully saturated rings. The summed E-state index contributed by atoms with van der Waals surface area (Å²) in [6.45, 7) is 0. The molecular formula is C8H5F3N2O. The normalized spacial score (nSPS) is 12.2. The molecule has 0 aliphatic heterocycles. The second kappa shape index (κ2) is 2.63. The van der Waals surface area contributed by atoms with Crippen LogP contribution in [-0.4, -0.2) is 14.9 Å². The van der Waals surface area contributed by atoms with E-state index in [2.05, 4.69) is 4.98 Å². The summed E-state index contributed by atoms with van der Waals surface area (Å²) in [5.41, 5.74) is -0.983. The van der Waals surface area contributed by atoms with Crippen molar-refractivity contribution in [2.45, 2.75) is 6.18 Å². The fourth-order valence-corrected chi connectivity index (χ4v) is 1.27. The molecule has 0 saturated carbocycles. The van der Waals surface area contributed by atoms with Crippen LogP contribution in [0.5, 0.6) is 0 Å². The fourth-order valence-electron chi connectivity index (χ4n) is 1.27. The van der Waals surface area contributed by atoms with Crippen molar-refractivity contribution in [1.82, 2.24) is 9.71 Å². The van der Waals surface area contributed by atoms with E-state index in [9.17, 15) is 13.2 Å². The standard InChI is InChI=1S/C8H5F3N2O/c9-8(10,11)6-4-13(14)7-5(6)2-1-3-12-7/h1-4,14H. The predicted octanol–water partition coefficient (Wildman–Crippen LogP) is 2.29. The zero-order chi connectivity index (χ0) is 10.3. The topological polar surface area (TPSA) is 38.0 Å². The van der Waals surface area contributed by atoms with Crippen molar-refractivity contribution >= 4 is 11.0 Å². The highest BCUT2D eigenvalue weighted by Crippen LogP contribution is 2.34. The van der Waals surface area contributed by atoms with Crippen LogP contribution in [-0.2, 0) is 6.18 Å². The van der Waals surface area contributed by atoms with Crippen LogP contribution in [0.2, 0.25) is 0 Å². The molecule has 0 radical (unpaired) electrons. The quantitative estimate of drug-likeness (QED) is 0.665. The average Bonchev–Trinajstić information content (AvgIpc) is 2.44. The average molecular weight is 202 g/mol. The van der Waals surface area contributed by atoms with Gasteiger partial charge >= 0.3 is 6.18 Å². The first kappa shape index (κ1) is 8.86. The number of hydrogen-bond acceptors (Lipinski definition) is 2. The van der Waals surface area contributed by atoms with Gasteiger partial charge in [-0.1, -0.05) is 0 Å². The third-order valence-electron chi connectivity index (χ3n) is 1.85. The largest absolute Gasteiger partial charge is 0.427 e. The van der Waals surface area contributed by atoms with Crippen molar-refractivity contribution in [1.29, 1.82) is 0 Å². The number of aromatic nitrogens is 2. The SMILES string of the molecule is On1cc(C(F)(F)F)c2cccnc21. The Balaban J connectivity index is 2.80. The molecule has 74 valence electrons. The number of alkyl halides is 3. The molecule has 2 aromatic rings. The molecule has 0 saturated heterocycles. The molecule has 0 aliphatic rings. The first-order valence-corrected chi connectivity index (χ1v) is 3.72. The Labute approximate surface area is 76.4 Å². The molecule has 3 nitrogen and oxygen atoms in total. The van der Waals surface area contributed by atoms with Gasteiger partial charge in [0.2, 0.25) is 0 Å². The Hall–Kier alpha value is -1.72. The van der Waals surface area contributed by atoms with Gasteiger partial charge in [-0.3, -0.25) is 0 Å². The molecule has 0 unspecified atom stereocenters. The first-order chi connectivity index (χ1) is 6.50. The van der Waals surface area contributed by atoms with Crippen molar-refractivity contribution < 1.29 is 18.4 Å². The summed E-state index contributed by atoms with van der Waals surface area (Å²) in [5, 5.41) is 9.00. The van der Waals surface area contributed by atoms with Gasteiger partial charge in [-0.05, 0) is 12.1 Å². The van der Waals surface area contributed by atoms with Crippen LogP contribution in [0.15, 0.2) is 24.5 Å². The monoisotopic (exact) mass is 202 g/mol. The lowest BCUT2D eigenvalue weighted by atomic mass is 10.2. The summed E-state index contributed by atoms with van der Waals surface area (Å²) < 4.78 is 37.5. The molecule has 2 rings (SSSR count). The van der Waals surface area contributed by atoms with Crippen molar-refractivity contribution in [3.63, 3.8) is 0 Å². The van der Waals surface area contributed by atoms with Crippen molar-refractivity contribution in [2.24, 2.45) is 0 Å². The van der Waals surface area contributed by atoms with E-state index < -0.39 is 11.7 Å². The van der Waals surface area contributed by atoms with Gasteiger partial charge in [0.25, 0.3) is 0 Å². The zero-order valence-electron chi connectivity index (χ0n) is 6.78. The van der Waals surface area contributed by atoms with Gasteiger partial charge in [-0.25, -0.2) is 4.98 Å². The highest BCUT2D eigenvalue weighted by molar-refractivity contribution is 5.80. The minimum Gasteiger partial charge on any atom is -0.427 e. The molecule has 14 heavy (non-hydrogen) atoms. The Bertz CT molecular complexity index is 475. The summed E-state index contributed by atoms with van der Waals surface area (Å²) in [6, 6.07) is 2.65. The van der Waals surface area contributed by atoms with E-state index in [1.165, 1.54) is 18.3 Å². The maximum absolute atomic E-state index is 12.4. The number of pyridine rings is 1. The van der Waals surface area contributed by atoms with E-state index in [-0.39, 0.29) is 11.0 Å². The summed E-state index contributed by atoms with van der Waals surface area (Å²) in [6.07, 6.45) is -2.55. The first-order valence-electron chi connectivity index (χ1n) is 3.72. The molecule has 0 aromatic carbocycles. The van der Waals surface area contributed by atoms with Gasteiger partial charge in [0.05, 0.1) is 11.8 Å². The molecule has 0 bridgehead atoms. The third-order valence-corrected chi connectivity index (χ3v) is 1.85. The number of fused-ring (bicyclic) bond motifs is 1. The molecule has 0 spiro atoms. The van der Waals surface area contributed by atoms with Crippen LogP contribution in [0.1, 0.15) is 5.56 Å². The third kappa shape index (κ3) is 1.19. The van der Waals surface area contributed by atoms with E-state index in [4.69, 9.17) is 5.21 Å². The number of nitrogens with zero attached hydrogens (tertiary/aromatic N) is 2. The molecule has 0 aliphatic carbocycles. The van der Waals surface area contributed by atoms with E-state index in [1.54, 1.807) is 0 Å². The fraction of sp³-hybridized carbons (Fsp3) is 0.125. The van der Waals surface area contributed by atoms with Gasteiger partial charge in [0.1, 0.15) is 0 Å². The van der Waals surface area contributed by atoms with E-state index in [0.717, 1.165) is 0 Å². The van der Waals surface area contributed by atoms with Crippen LogP contribution < -0.4 is 0 Å². The number of halogens is 3. The van der Waals surface area contributed by atoms with Crippen LogP contribution in [0.3, 0.4) is 0 Å². The molecule has 0 atom stereocenters. The van der Waals surface area contributed by atoms with Crippen LogP contribution in [0.4, 0.5) is 13.2 Å². The number of hydrogen-bond donors (Lipinski definition) is 1. The van der Waals surface area contributed by atoms with E-state index in [0.29, 0.717) is 10.9 Å². The van der Waals surface area contributed by atoms with Crippen molar-refractivity contribution in [2.75, 3.05) is 0 Å². The second-order valence-electron chi connectivity index (χ2n) is 2.76. The lowest BCUT2D eigenvalue weighted by Gasteiger charge is -2.02. The molecular weight excluding hydrogens is 197 g/mol. The maximum Gasteiger partial charge on any atom is 0.418 e. The minimum absolute atomic E-state index is 0.0974. The highest BCUT2D eigenvalue weighted by atomic mass is 19.4. The predicted molar refractivity (Wildman–Crippen MR) is 41.9 cm³/mol. The summed E-state index contributed by atoms with van der Waals surface area (Å²) in [5.74, 6) is 0. The molecule has 2 aromatic heterocycles. The lowest BCUT2D eigenvalue weighted by molar-refractivity contribution is -0.136. The van der Waals surface area contributed by atoms with Gasteiger partial charge in [-0.2, -0.15) is 17.9 Å². The van der Waals surface area contributed by atoms with Gasteiger partial charge < -0.3 is 5.21 Å². The van der Waals surface area contributed by atoms with Gasteiger partial charge in [0, 0.05) is 11.6 Å². The highest BCUT2D eigenvalue weighted by Gasteiger charge is 2.34. The summed E-state index contributed by atoms with van der Waals surface area (Å²) in [4.78, 5) is 3.63. The van der Waals surface area contributed by atoms with E-state index in [1.807, 2.05) is 0 Å². The zero-order valence-corrected chi connectivity index (χ0v) is 6.78. The Morgan fingerprint density at radius 3 is 2.71 bits per heavy atom. The Morgan fingerprint density at radius 2 is 2.07 bits per heavy atom. The second-order valence-corrected chi connectivity index (χ2v) is 2.76. The van der Waals surface area contributed by atoms with E-state index >= 15 is 0 Å². The maximum atomic E-state index is 12.4. The van der Waals surface area contributed by atoms with Crippen molar-refractivity contribution in [3.8, 4) is 0 Å². The Morgan fingerprint density at radius 1 is 1.36 bits per heavy atom. The van der Waals surface area contributed by atoms with Crippen molar-refractivity contribution in [3.05, 3.63) is 30.1 Å². The summed E-state index contributed by atoms with van der Waals surface area (Å²) in [7, 11) is 0.